The Bertz CT molecular complexity index is 1540. The molecule has 0 aromatic heterocycles. The molecule has 5 N–H and O–H groups in total. The summed E-state index contributed by atoms with van der Waals surface area (Å²) >= 11 is 0. The largest absolute Gasteiger partial charge is 0.497 e. The molecule has 12 heteroatoms. The number of ether oxygens (including phenoxy) is 1. The number of hydrogen-bond donors (Lipinski definition) is 4. The molecule has 4 amide bonds. The zero-order valence-corrected chi connectivity index (χ0v) is 23.7. The van der Waals surface area contributed by atoms with Gasteiger partial charge in [0.25, 0.3) is 0 Å². The molecule has 0 bridgehead atoms. The summed E-state index contributed by atoms with van der Waals surface area (Å²) in [6.07, 6.45) is 0.0816. The van der Waals surface area contributed by atoms with Crippen LogP contribution in [-0.2, 0) is 48.5 Å². The SMILES string of the molecule is COc1ccc(CC(=O)NC(Cc2ccccc2)C(=O)NC(Cc2ccc(C3CC(=O)NS3(=O)=O)cc2)C(N)=O)cc1. The minimum Gasteiger partial charge on any atom is -0.497 e. The number of methoxy groups -OCH3 is 1. The lowest BCUT2D eigenvalue weighted by atomic mass is 10.0. The van der Waals surface area contributed by atoms with Crippen LogP contribution in [0.4, 0.5) is 0 Å². The number of nitrogens with two attached hydrogens (primary N) is 1. The number of carbonyl (C=O) groups excluding carboxylic acids is 4. The smallest absolute Gasteiger partial charge is 0.243 e. The molecule has 1 aliphatic heterocycles. The molecule has 0 aliphatic carbocycles. The van der Waals surface area contributed by atoms with E-state index >= 15 is 0 Å². The maximum absolute atomic E-state index is 13.4. The Kier molecular flexibility index (Phi) is 9.58. The second-order valence-corrected chi connectivity index (χ2v) is 11.9. The molecule has 3 atom stereocenters. The number of nitrogens with one attached hydrogen (secondary N) is 3. The van der Waals surface area contributed by atoms with Crippen molar-refractivity contribution >= 4 is 33.7 Å². The quantitative estimate of drug-likeness (QED) is 0.243. The Balaban J connectivity index is 1.45. The highest BCUT2D eigenvalue weighted by molar-refractivity contribution is 7.90. The average molecular weight is 593 g/mol. The first-order valence-electron chi connectivity index (χ1n) is 13.2. The van der Waals surface area contributed by atoms with Gasteiger partial charge in [-0.25, -0.2) is 8.42 Å². The average Bonchev–Trinajstić information content (AvgIpc) is 3.24. The van der Waals surface area contributed by atoms with Crippen LogP contribution in [0, 0.1) is 0 Å². The molecular formula is C30H32N4O7S. The van der Waals surface area contributed by atoms with Crippen LogP contribution in [0.3, 0.4) is 0 Å². The molecule has 1 fully saturated rings. The van der Waals surface area contributed by atoms with Crippen molar-refractivity contribution < 1.29 is 32.3 Å². The molecule has 1 heterocycles. The molecule has 4 rings (SSSR count). The minimum absolute atomic E-state index is 0.0337. The van der Waals surface area contributed by atoms with E-state index in [0.717, 1.165) is 11.1 Å². The van der Waals surface area contributed by atoms with Crippen LogP contribution < -0.4 is 25.8 Å². The van der Waals surface area contributed by atoms with Gasteiger partial charge in [0.2, 0.25) is 33.7 Å². The monoisotopic (exact) mass is 592 g/mol. The lowest BCUT2D eigenvalue weighted by Gasteiger charge is -2.22. The van der Waals surface area contributed by atoms with E-state index in [1.807, 2.05) is 35.1 Å². The second kappa shape index (κ2) is 13.3. The van der Waals surface area contributed by atoms with Gasteiger partial charge in [0.1, 0.15) is 23.1 Å². The van der Waals surface area contributed by atoms with Crippen molar-refractivity contribution in [1.82, 2.24) is 15.4 Å². The van der Waals surface area contributed by atoms with E-state index in [9.17, 15) is 27.6 Å². The predicted octanol–water partition coefficient (Wildman–Crippen LogP) is 1.07. The van der Waals surface area contributed by atoms with Gasteiger partial charge in [0.15, 0.2) is 0 Å². The van der Waals surface area contributed by atoms with Crippen molar-refractivity contribution in [3.63, 3.8) is 0 Å². The van der Waals surface area contributed by atoms with Crippen LogP contribution in [0.15, 0.2) is 78.9 Å². The summed E-state index contributed by atoms with van der Waals surface area (Å²) in [6, 6.07) is 20.4. The molecule has 1 aliphatic rings. The highest BCUT2D eigenvalue weighted by atomic mass is 32.2. The predicted molar refractivity (Wildman–Crippen MR) is 154 cm³/mol. The minimum atomic E-state index is -3.79. The van der Waals surface area contributed by atoms with E-state index in [-0.39, 0.29) is 31.6 Å². The van der Waals surface area contributed by atoms with Gasteiger partial charge in [-0.1, -0.05) is 66.7 Å². The Morgan fingerprint density at radius 2 is 1.48 bits per heavy atom. The molecule has 3 unspecified atom stereocenters. The third-order valence-electron chi connectivity index (χ3n) is 6.91. The Morgan fingerprint density at radius 3 is 2.05 bits per heavy atom. The van der Waals surface area contributed by atoms with Gasteiger partial charge in [-0.3, -0.25) is 23.9 Å². The van der Waals surface area contributed by atoms with E-state index in [2.05, 4.69) is 10.6 Å². The fraction of sp³-hybridized carbons (Fsp3) is 0.267. The van der Waals surface area contributed by atoms with Crippen LogP contribution >= 0.6 is 0 Å². The molecule has 3 aromatic carbocycles. The standard InChI is InChI=1S/C30H32N4O7S/c1-41-23-13-9-21(10-14-23)17-27(35)32-25(16-19-5-3-2-4-6-19)30(38)33-24(29(31)37)15-20-7-11-22(12-8-20)26-18-28(36)34-42(26,39)40/h2-14,24-26H,15-18H2,1H3,(H2,31,37)(H,32,35)(H,33,38)(H,34,36). The summed E-state index contributed by atoms with van der Waals surface area (Å²) < 4.78 is 31.5. The first-order chi connectivity index (χ1) is 20.0. The Labute approximate surface area is 243 Å². The van der Waals surface area contributed by atoms with Gasteiger partial charge < -0.3 is 21.1 Å². The summed E-state index contributed by atoms with van der Waals surface area (Å²) in [6.45, 7) is 0. The number of carbonyl (C=O) groups is 4. The van der Waals surface area contributed by atoms with Crippen LogP contribution in [0.5, 0.6) is 5.75 Å². The molecule has 220 valence electrons. The molecule has 11 nitrogen and oxygen atoms in total. The Morgan fingerprint density at radius 1 is 0.881 bits per heavy atom. The van der Waals surface area contributed by atoms with E-state index in [1.54, 1.807) is 55.6 Å². The summed E-state index contributed by atoms with van der Waals surface area (Å²) in [5.74, 6) is -1.64. The summed E-state index contributed by atoms with van der Waals surface area (Å²) in [4.78, 5) is 50.2. The van der Waals surface area contributed by atoms with Crippen LogP contribution in [-0.4, -0.2) is 51.2 Å². The number of benzene rings is 3. The van der Waals surface area contributed by atoms with Crippen molar-refractivity contribution in [2.45, 2.75) is 43.0 Å². The maximum atomic E-state index is 13.4. The number of rotatable bonds is 12. The molecule has 0 spiro atoms. The normalized spacial score (nSPS) is 17.0. The lowest BCUT2D eigenvalue weighted by molar-refractivity contribution is -0.131. The van der Waals surface area contributed by atoms with Crippen LogP contribution in [0.25, 0.3) is 0 Å². The maximum Gasteiger partial charge on any atom is 0.243 e. The van der Waals surface area contributed by atoms with Crippen molar-refractivity contribution in [2.75, 3.05) is 7.11 Å². The fourth-order valence-electron chi connectivity index (χ4n) is 4.68. The summed E-state index contributed by atoms with van der Waals surface area (Å²) in [5.41, 5.74) is 8.20. The summed E-state index contributed by atoms with van der Waals surface area (Å²) in [7, 11) is -2.25. The van der Waals surface area contributed by atoms with Crippen molar-refractivity contribution in [3.05, 3.63) is 101 Å². The molecule has 0 saturated carbocycles. The van der Waals surface area contributed by atoms with E-state index < -0.39 is 45.1 Å². The van der Waals surface area contributed by atoms with Crippen molar-refractivity contribution in [3.8, 4) is 5.75 Å². The van der Waals surface area contributed by atoms with E-state index in [4.69, 9.17) is 10.5 Å². The van der Waals surface area contributed by atoms with Gasteiger partial charge in [-0.05, 0) is 34.4 Å². The van der Waals surface area contributed by atoms with Gasteiger partial charge in [-0.15, -0.1) is 0 Å². The fourth-order valence-corrected chi connectivity index (χ4v) is 6.11. The van der Waals surface area contributed by atoms with E-state index in [0.29, 0.717) is 16.9 Å². The number of hydrogen-bond acceptors (Lipinski definition) is 7. The van der Waals surface area contributed by atoms with Gasteiger partial charge in [0, 0.05) is 12.8 Å². The molecule has 42 heavy (non-hydrogen) atoms. The van der Waals surface area contributed by atoms with Gasteiger partial charge in [0.05, 0.1) is 20.0 Å². The highest BCUT2D eigenvalue weighted by Gasteiger charge is 2.37. The molecule has 0 radical (unpaired) electrons. The van der Waals surface area contributed by atoms with Crippen LogP contribution in [0.2, 0.25) is 0 Å². The second-order valence-electron chi connectivity index (χ2n) is 10.0. The lowest BCUT2D eigenvalue weighted by Crippen LogP contribution is -2.54. The zero-order valence-electron chi connectivity index (χ0n) is 22.9. The topological polar surface area (TPSA) is 174 Å². The third kappa shape index (κ3) is 7.94. The Hall–Kier alpha value is -4.71. The zero-order chi connectivity index (χ0) is 30.3. The number of primary amides is 1. The van der Waals surface area contributed by atoms with Crippen molar-refractivity contribution in [1.29, 1.82) is 0 Å². The number of sulfonamides is 1. The number of amides is 4. The van der Waals surface area contributed by atoms with Gasteiger partial charge >= 0.3 is 0 Å². The molecular weight excluding hydrogens is 560 g/mol. The highest BCUT2D eigenvalue weighted by Crippen LogP contribution is 2.30. The third-order valence-corrected chi connectivity index (χ3v) is 8.61. The summed E-state index contributed by atoms with van der Waals surface area (Å²) in [5, 5.41) is 4.44. The van der Waals surface area contributed by atoms with Crippen molar-refractivity contribution in [2.24, 2.45) is 5.73 Å². The van der Waals surface area contributed by atoms with Gasteiger partial charge in [-0.2, -0.15) is 0 Å². The molecule has 3 aromatic rings. The first kappa shape index (κ1) is 30.3. The first-order valence-corrected chi connectivity index (χ1v) is 14.8. The van der Waals surface area contributed by atoms with Crippen LogP contribution in [0.1, 0.15) is 33.9 Å². The molecule has 1 saturated heterocycles. The van der Waals surface area contributed by atoms with E-state index in [1.165, 1.54) is 0 Å².